The van der Waals surface area contributed by atoms with Crippen molar-refractivity contribution in [3.63, 3.8) is 0 Å². The maximum atomic E-state index is 10.6. The minimum atomic E-state index is -0.708. The number of imidazole rings is 1. The van der Waals surface area contributed by atoms with Crippen molar-refractivity contribution in [2.45, 2.75) is 45.1 Å². The monoisotopic (exact) mass is 208 g/mol. The molecule has 0 aliphatic carbocycles. The fraction of sp³-hybridized carbons (Fsp3) is 0.636. The molecule has 2 heterocycles. The van der Waals surface area contributed by atoms with Crippen molar-refractivity contribution in [3.05, 3.63) is 17.7 Å². The van der Waals surface area contributed by atoms with E-state index in [2.05, 4.69) is 9.55 Å². The highest BCUT2D eigenvalue weighted by molar-refractivity contribution is 5.66. The Hall–Kier alpha value is -1.32. The van der Waals surface area contributed by atoms with Crippen molar-refractivity contribution in [1.82, 2.24) is 9.55 Å². The molecule has 2 rings (SSSR count). The number of carboxylic acids is 1. The number of fused-ring (bicyclic) bond motifs is 1. The summed E-state index contributed by atoms with van der Waals surface area (Å²) in [6.07, 6.45) is 6.20. The molecule has 1 unspecified atom stereocenters. The highest BCUT2D eigenvalue weighted by Crippen LogP contribution is 2.29. The van der Waals surface area contributed by atoms with E-state index in [-0.39, 0.29) is 6.42 Å². The highest BCUT2D eigenvalue weighted by Gasteiger charge is 2.21. The second-order valence-corrected chi connectivity index (χ2v) is 4.15. The zero-order chi connectivity index (χ0) is 10.8. The summed E-state index contributed by atoms with van der Waals surface area (Å²) in [5.74, 6) is 0.306. The minimum absolute atomic E-state index is 0.252. The van der Waals surface area contributed by atoms with Crippen LogP contribution < -0.4 is 0 Å². The lowest BCUT2D eigenvalue weighted by Gasteiger charge is -2.26. The van der Waals surface area contributed by atoms with Gasteiger partial charge in [0.25, 0.3) is 0 Å². The van der Waals surface area contributed by atoms with Crippen LogP contribution in [0.3, 0.4) is 0 Å². The largest absolute Gasteiger partial charge is 0.481 e. The summed E-state index contributed by atoms with van der Waals surface area (Å²) in [5, 5.41) is 8.69. The second-order valence-electron chi connectivity index (χ2n) is 4.15. The van der Waals surface area contributed by atoms with Gasteiger partial charge >= 0.3 is 5.97 Å². The Bertz CT molecular complexity index is 371. The molecule has 0 bridgehead atoms. The van der Waals surface area contributed by atoms with Crippen LogP contribution >= 0.6 is 0 Å². The fourth-order valence-electron chi connectivity index (χ4n) is 2.40. The third-order valence-corrected chi connectivity index (χ3v) is 3.09. The SMILES string of the molecule is Cc1ncc2n1C(CCC(=O)O)CCC2. The fourth-order valence-corrected chi connectivity index (χ4v) is 2.40. The smallest absolute Gasteiger partial charge is 0.303 e. The second kappa shape index (κ2) is 4.04. The molecule has 1 aliphatic heterocycles. The first-order valence-electron chi connectivity index (χ1n) is 5.43. The number of aliphatic carboxylic acids is 1. The van der Waals surface area contributed by atoms with Crippen LogP contribution in [0, 0.1) is 6.92 Å². The molecule has 0 saturated heterocycles. The lowest BCUT2D eigenvalue weighted by Crippen LogP contribution is -2.19. The molecule has 0 spiro atoms. The summed E-state index contributed by atoms with van der Waals surface area (Å²) in [4.78, 5) is 14.8. The average Bonchev–Trinajstić information content (AvgIpc) is 2.58. The molecular formula is C11H16N2O2. The van der Waals surface area contributed by atoms with E-state index >= 15 is 0 Å². The molecule has 0 aromatic carbocycles. The zero-order valence-corrected chi connectivity index (χ0v) is 8.94. The summed E-state index contributed by atoms with van der Waals surface area (Å²) in [6, 6.07) is 0.340. The van der Waals surface area contributed by atoms with Gasteiger partial charge in [0.1, 0.15) is 5.82 Å². The molecule has 0 saturated carbocycles. The Morgan fingerprint density at radius 2 is 2.53 bits per heavy atom. The van der Waals surface area contributed by atoms with Gasteiger partial charge in [0, 0.05) is 24.4 Å². The van der Waals surface area contributed by atoms with E-state index in [1.165, 1.54) is 5.69 Å². The van der Waals surface area contributed by atoms with Gasteiger partial charge in [-0.15, -0.1) is 0 Å². The van der Waals surface area contributed by atoms with Crippen molar-refractivity contribution >= 4 is 5.97 Å². The predicted molar refractivity (Wildman–Crippen MR) is 55.8 cm³/mol. The molecule has 1 aromatic heterocycles. The van der Waals surface area contributed by atoms with Crippen LogP contribution in [-0.2, 0) is 11.2 Å². The van der Waals surface area contributed by atoms with Gasteiger partial charge < -0.3 is 9.67 Å². The lowest BCUT2D eigenvalue weighted by molar-refractivity contribution is -0.137. The quantitative estimate of drug-likeness (QED) is 0.825. The van der Waals surface area contributed by atoms with Gasteiger partial charge in [0.15, 0.2) is 0 Å². The van der Waals surface area contributed by atoms with E-state index in [0.29, 0.717) is 6.04 Å². The molecule has 1 atom stereocenters. The maximum Gasteiger partial charge on any atom is 0.303 e. The first-order chi connectivity index (χ1) is 7.18. The molecule has 1 aliphatic rings. The van der Waals surface area contributed by atoms with E-state index < -0.39 is 5.97 Å². The topological polar surface area (TPSA) is 55.1 Å². The molecule has 0 radical (unpaired) electrons. The van der Waals surface area contributed by atoms with Crippen LogP contribution in [0.2, 0.25) is 0 Å². The minimum Gasteiger partial charge on any atom is -0.481 e. The Labute approximate surface area is 88.9 Å². The molecule has 4 heteroatoms. The van der Waals surface area contributed by atoms with Crippen molar-refractivity contribution in [1.29, 1.82) is 0 Å². The van der Waals surface area contributed by atoms with Crippen molar-refractivity contribution in [2.75, 3.05) is 0 Å². The lowest BCUT2D eigenvalue weighted by atomic mass is 9.99. The molecule has 0 amide bonds. The molecule has 82 valence electrons. The maximum absolute atomic E-state index is 10.6. The standard InChI is InChI=1S/C11H16N2O2/c1-8-12-7-10-4-2-3-9(13(8)10)5-6-11(14)15/h7,9H,2-6H2,1H3,(H,14,15). The summed E-state index contributed by atoms with van der Waals surface area (Å²) in [5.41, 5.74) is 1.26. The number of carboxylic acid groups (broad SMARTS) is 1. The number of carbonyl (C=O) groups is 1. The number of hydrogen-bond donors (Lipinski definition) is 1. The van der Waals surface area contributed by atoms with Crippen molar-refractivity contribution in [2.24, 2.45) is 0 Å². The van der Waals surface area contributed by atoms with Crippen LogP contribution in [0.15, 0.2) is 6.20 Å². The van der Waals surface area contributed by atoms with Gasteiger partial charge in [-0.25, -0.2) is 4.98 Å². The van der Waals surface area contributed by atoms with E-state index in [1.54, 1.807) is 0 Å². The number of rotatable bonds is 3. The summed E-state index contributed by atoms with van der Waals surface area (Å²) in [6.45, 7) is 1.99. The van der Waals surface area contributed by atoms with Crippen LogP contribution in [-0.4, -0.2) is 20.6 Å². The van der Waals surface area contributed by atoms with Gasteiger partial charge in [0.05, 0.1) is 0 Å². The van der Waals surface area contributed by atoms with Gasteiger partial charge in [-0.2, -0.15) is 0 Å². The number of aromatic nitrogens is 2. The van der Waals surface area contributed by atoms with E-state index in [1.807, 2.05) is 13.1 Å². The van der Waals surface area contributed by atoms with Gasteiger partial charge in [-0.3, -0.25) is 4.79 Å². The van der Waals surface area contributed by atoms with Crippen LogP contribution in [0.1, 0.15) is 43.2 Å². The van der Waals surface area contributed by atoms with Gasteiger partial charge in [-0.05, 0) is 32.6 Å². The summed E-state index contributed by atoms with van der Waals surface area (Å²) >= 11 is 0. The Kier molecular flexibility index (Phi) is 2.75. The van der Waals surface area contributed by atoms with Crippen LogP contribution in [0.4, 0.5) is 0 Å². The first-order valence-corrected chi connectivity index (χ1v) is 5.43. The summed E-state index contributed by atoms with van der Waals surface area (Å²) < 4.78 is 2.21. The molecule has 1 N–H and O–H groups in total. The zero-order valence-electron chi connectivity index (χ0n) is 8.94. The van der Waals surface area contributed by atoms with Gasteiger partial charge in [-0.1, -0.05) is 0 Å². The van der Waals surface area contributed by atoms with Crippen LogP contribution in [0.25, 0.3) is 0 Å². The van der Waals surface area contributed by atoms with Crippen molar-refractivity contribution in [3.8, 4) is 0 Å². The number of aryl methyl sites for hydroxylation is 2. The van der Waals surface area contributed by atoms with E-state index in [0.717, 1.165) is 31.5 Å². The normalized spacial score (nSPS) is 19.9. The Balaban J connectivity index is 2.14. The van der Waals surface area contributed by atoms with Crippen LogP contribution in [0.5, 0.6) is 0 Å². The Morgan fingerprint density at radius 1 is 1.73 bits per heavy atom. The molecular weight excluding hydrogens is 192 g/mol. The predicted octanol–water partition coefficient (Wildman–Crippen LogP) is 1.93. The first kappa shape index (κ1) is 10.2. The molecule has 1 aromatic rings. The highest BCUT2D eigenvalue weighted by atomic mass is 16.4. The van der Waals surface area contributed by atoms with Gasteiger partial charge in [0.2, 0.25) is 0 Å². The molecule has 4 nitrogen and oxygen atoms in total. The number of hydrogen-bond acceptors (Lipinski definition) is 2. The third kappa shape index (κ3) is 2.03. The Morgan fingerprint density at radius 3 is 3.27 bits per heavy atom. The molecule has 15 heavy (non-hydrogen) atoms. The average molecular weight is 208 g/mol. The third-order valence-electron chi connectivity index (χ3n) is 3.09. The molecule has 0 fully saturated rings. The van der Waals surface area contributed by atoms with E-state index in [4.69, 9.17) is 5.11 Å². The van der Waals surface area contributed by atoms with Crippen molar-refractivity contribution < 1.29 is 9.90 Å². The number of nitrogens with zero attached hydrogens (tertiary/aromatic N) is 2. The summed E-state index contributed by atoms with van der Waals surface area (Å²) in [7, 11) is 0. The van der Waals surface area contributed by atoms with E-state index in [9.17, 15) is 4.79 Å².